The van der Waals surface area contributed by atoms with Crippen molar-refractivity contribution >= 4 is 57.6 Å². The zero-order valence-electron chi connectivity index (χ0n) is 20.6. The van der Waals surface area contributed by atoms with Crippen LogP contribution in [0.2, 0.25) is 0 Å². The summed E-state index contributed by atoms with van der Waals surface area (Å²) < 4.78 is 5.22. The molecule has 8 nitrogen and oxygen atoms in total. The van der Waals surface area contributed by atoms with Gasteiger partial charge in [-0.15, -0.1) is 11.3 Å². The van der Waals surface area contributed by atoms with Gasteiger partial charge in [-0.3, -0.25) is 10.2 Å². The Hall–Kier alpha value is -4.28. The lowest BCUT2D eigenvalue weighted by atomic mass is 10.00. The molecule has 4 aromatic rings. The van der Waals surface area contributed by atoms with Crippen molar-refractivity contribution in [1.82, 2.24) is 9.97 Å². The zero-order chi connectivity index (χ0) is 26.8. The highest BCUT2D eigenvalue weighted by atomic mass is 32.1. The Morgan fingerprint density at radius 2 is 1.84 bits per heavy atom. The molecule has 2 aromatic heterocycles. The average Bonchev–Trinajstić information content (AvgIpc) is 3.57. The number of amides is 2. The molecule has 0 atom stereocenters. The van der Waals surface area contributed by atoms with Crippen molar-refractivity contribution in [1.29, 1.82) is 0 Å². The topological polar surface area (TPSA) is 105 Å². The molecule has 0 saturated carbocycles. The van der Waals surface area contributed by atoms with Gasteiger partial charge in [-0.1, -0.05) is 36.6 Å². The lowest BCUT2D eigenvalue weighted by Crippen LogP contribution is -2.38. The third-order valence-electron chi connectivity index (χ3n) is 6.15. The standard InChI is InChI=1S/C28H24N4O4S2/c1-4-20-22(5-2)37-27(29-20)31-28(35)32-14-6-7-16-8-9-18(15-21(16)32)25-30-23(26(33)34)24(38-25)17-10-12-19(36-3)13-11-17/h4-5,8-13,15H,1-2,6-7,14H2,3H3,(H,33,34)(H,29,31,35). The number of ether oxygens (including phenoxy) is 1. The molecular formula is C28H24N4O4S2. The maximum Gasteiger partial charge on any atom is 0.356 e. The maximum absolute atomic E-state index is 13.3. The molecule has 0 saturated heterocycles. The van der Waals surface area contributed by atoms with E-state index in [4.69, 9.17) is 4.74 Å². The lowest BCUT2D eigenvalue weighted by Gasteiger charge is -2.29. The number of carbonyl (C=O) groups excluding carboxylic acids is 1. The number of carboxylic acid groups (broad SMARTS) is 1. The van der Waals surface area contributed by atoms with E-state index in [-0.39, 0.29) is 11.7 Å². The minimum absolute atomic E-state index is 0.0118. The molecule has 192 valence electrons. The highest BCUT2D eigenvalue weighted by Crippen LogP contribution is 2.39. The summed E-state index contributed by atoms with van der Waals surface area (Å²) in [5.41, 5.74) is 3.96. The van der Waals surface area contributed by atoms with E-state index >= 15 is 0 Å². The van der Waals surface area contributed by atoms with Crippen LogP contribution in [-0.4, -0.2) is 40.7 Å². The predicted octanol–water partition coefficient (Wildman–Crippen LogP) is 6.91. The third-order valence-corrected chi connectivity index (χ3v) is 8.29. The number of nitrogens with one attached hydrogen (secondary N) is 1. The van der Waals surface area contributed by atoms with Gasteiger partial charge in [0.25, 0.3) is 0 Å². The van der Waals surface area contributed by atoms with Gasteiger partial charge in [0.1, 0.15) is 10.8 Å². The van der Waals surface area contributed by atoms with E-state index in [1.807, 2.05) is 30.3 Å². The van der Waals surface area contributed by atoms with Crippen LogP contribution in [-0.2, 0) is 6.42 Å². The largest absolute Gasteiger partial charge is 0.497 e. The van der Waals surface area contributed by atoms with Crippen LogP contribution in [0.1, 0.15) is 33.0 Å². The number of urea groups is 1. The normalized spacial score (nSPS) is 12.5. The van der Waals surface area contributed by atoms with E-state index in [1.165, 1.54) is 22.7 Å². The molecule has 0 bridgehead atoms. The van der Waals surface area contributed by atoms with E-state index in [9.17, 15) is 14.7 Å². The minimum atomic E-state index is -1.10. The number of hydrogen-bond donors (Lipinski definition) is 2. The van der Waals surface area contributed by atoms with Crippen LogP contribution in [0.15, 0.2) is 55.6 Å². The number of aromatic nitrogens is 2. The summed E-state index contributed by atoms with van der Waals surface area (Å²) in [7, 11) is 1.58. The molecule has 2 N–H and O–H groups in total. The molecule has 2 aromatic carbocycles. The summed E-state index contributed by atoms with van der Waals surface area (Å²) in [6, 6.07) is 12.7. The smallest absolute Gasteiger partial charge is 0.356 e. The second-order valence-corrected chi connectivity index (χ2v) is 10.5. The van der Waals surface area contributed by atoms with Gasteiger partial charge >= 0.3 is 12.0 Å². The van der Waals surface area contributed by atoms with Crippen molar-refractivity contribution < 1.29 is 19.4 Å². The Morgan fingerprint density at radius 3 is 2.50 bits per heavy atom. The molecule has 1 aliphatic heterocycles. The van der Waals surface area contributed by atoms with Crippen LogP contribution in [0.3, 0.4) is 0 Å². The molecule has 2 amide bonds. The van der Waals surface area contributed by atoms with Crippen molar-refractivity contribution in [2.24, 2.45) is 0 Å². The van der Waals surface area contributed by atoms with Gasteiger partial charge in [0.05, 0.1) is 22.6 Å². The Bertz CT molecular complexity index is 1530. The summed E-state index contributed by atoms with van der Waals surface area (Å²) in [6.07, 6.45) is 4.99. The molecule has 0 unspecified atom stereocenters. The first-order valence-electron chi connectivity index (χ1n) is 11.8. The van der Waals surface area contributed by atoms with Crippen LogP contribution >= 0.6 is 22.7 Å². The van der Waals surface area contributed by atoms with Crippen molar-refractivity contribution in [3.8, 4) is 26.8 Å². The van der Waals surface area contributed by atoms with Crippen molar-refractivity contribution in [3.63, 3.8) is 0 Å². The van der Waals surface area contributed by atoms with Crippen LogP contribution < -0.4 is 15.0 Å². The highest BCUT2D eigenvalue weighted by Gasteiger charge is 2.26. The maximum atomic E-state index is 13.3. The number of thiazole rings is 2. The number of aromatic carboxylic acids is 1. The number of aryl methyl sites for hydroxylation is 1. The van der Waals surface area contributed by atoms with Gasteiger partial charge in [0.2, 0.25) is 0 Å². The summed E-state index contributed by atoms with van der Waals surface area (Å²) >= 11 is 2.63. The lowest BCUT2D eigenvalue weighted by molar-refractivity contribution is 0.0692. The molecule has 38 heavy (non-hydrogen) atoms. The SMILES string of the molecule is C=Cc1nc(NC(=O)N2CCCc3ccc(-c4nc(C(=O)O)c(-c5ccc(OC)cc5)s4)cc32)sc1C=C. The fourth-order valence-corrected chi connectivity index (χ4v) is 6.16. The van der Waals surface area contributed by atoms with E-state index in [0.717, 1.165) is 40.1 Å². The number of hydrogen-bond acceptors (Lipinski definition) is 7. The fourth-order valence-electron chi connectivity index (χ4n) is 4.29. The van der Waals surface area contributed by atoms with Crippen molar-refractivity contribution in [3.05, 3.63) is 77.5 Å². The summed E-state index contributed by atoms with van der Waals surface area (Å²) in [5.74, 6) is -0.416. The summed E-state index contributed by atoms with van der Waals surface area (Å²) in [4.78, 5) is 37.3. The van der Waals surface area contributed by atoms with Gasteiger partial charge in [-0.2, -0.15) is 0 Å². The molecule has 5 rings (SSSR count). The van der Waals surface area contributed by atoms with Crippen LogP contribution in [0.4, 0.5) is 15.6 Å². The fraction of sp³-hybridized carbons (Fsp3) is 0.143. The van der Waals surface area contributed by atoms with Gasteiger partial charge < -0.3 is 9.84 Å². The second kappa shape index (κ2) is 10.6. The predicted molar refractivity (Wildman–Crippen MR) is 153 cm³/mol. The number of rotatable bonds is 7. The average molecular weight is 545 g/mol. The first-order valence-corrected chi connectivity index (χ1v) is 13.4. The van der Waals surface area contributed by atoms with E-state index in [0.29, 0.717) is 33.0 Å². The quantitative estimate of drug-likeness (QED) is 0.262. The molecule has 0 fully saturated rings. The number of fused-ring (bicyclic) bond motifs is 1. The Labute approximate surface area is 227 Å². The highest BCUT2D eigenvalue weighted by molar-refractivity contribution is 7.18. The molecule has 0 radical (unpaired) electrons. The minimum Gasteiger partial charge on any atom is -0.497 e. The number of nitrogens with zero attached hydrogens (tertiary/aromatic N) is 3. The molecule has 1 aliphatic rings. The van der Waals surface area contributed by atoms with Crippen LogP contribution in [0, 0.1) is 0 Å². The molecular weight excluding hydrogens is 520 g/mol. The van der Waals surface area contributed by atoms with Gasteiger partial charge in [-0.05, 0) is 66.5 Å². The first kappa shape index (κ1) is 25.4. The summed E-state index contributed by atoms with van der Waals surface area (Å²) in [6.45, 7) is 8.10. The number of carboxylic acids is 1. The molecule has 3 heterocycles. The number of methoxy groups -OCH3 is 1. The van der Waals surface area contributed by atoms with E-state index < -0.39 is 5.97 Å². The monoisotopic (exact) mass is 544 g/mol. The molecule has 0 aliphatic carbocycles. The molecule has 10 heteroatoms. The van der Waals surface area contributed by atoms with Crippen LogP contribution in [0.25, 0.3) is 33.2 Å². The van der Waals surface area contributed by atoms with Gasteiger partial charge in [-0.25, -0.2) is 19.6 Å². The van der Waals surface area contributed by atoms with E-state index in [2.05, 4.69) is 28.4 Å². The first-order chi connectivity index (χ1) is 18.4. The Balaban J connectivity index is 1.48. The Morgan fingerprint density at radius 1 is 1.08 bits per heavy atom. The van der Waals surface area contributed by atoms with Gasteiger partial charge in [0.15, 0.2) is 10.8 Å². The Kier molecular flexibility index (Phi) is 7.08. The molecule has 0 spiro atoms. The van der Waals surface area contributed by atoms with Crippen molar-refractivity contribution in [2.45, 2.75) is 12.8 Å². The second-order valence-electron chi connectivity index (χ2n) is 8.44. The van der Waals surface area contributed by atoms with E-state index in [1.54, 1.807) is 36.3 Å². The van der Waals surface area contributed by atoms with Crippen LogP contribution in [0.5, 0.6) is 5.75 Å². The third kappa shape index (κ3) is 4.83. The number of anilines is 2. The van der Waals surface area contributed by atoms with Crippen molar-refractivity contribution in [2.75, 3.05) is 23.9 Å². The number of carbonyl (C=O) groups is 2. The zero-order valence-corrected chi connectivity index (χ0v) is 22.2. The summed E-state index contributed by atoms with van der Waals surface area (Å²) in [5, 5.41) is 13.8. The number of benzene rings is 2. The van der Waals surface area contributed by atoms with Gasteiger partial charge in [0, 0.05) is 17.8 Å².